The van der Waals surface area contributed by atoms with Crippen LogP contribution in [0.25, 0.3) is 83.9 Å². The summed E-state index contributed by atoms with van der Waals surface area (Å²) in [6.07, 6.45) is 0. The number of hydrogen-bond acceptors (Lipinski definition) is 4. The molecule has 230 valence electrons. The van der Waals surface area contributed by atoms with Gasteiger partial charge in [-0.3, -0.25) is 0 Å². The van der Waals surface area contributed by atoms with E-state index < -0.39 is 0 Å². The Morgan fingerprint density at radius 1 is 0.388 bits per heavy atom. The molecule has 5 heteroatoms. The summed E-state index contributed by atoms with van der Waals surface area (Å²) in [6, 6.07) is 60.4. The highest BCUT2D eigenvalue weighted by molar-refractivity contribution is 6.17. The lowest BCUT2D eigenvalue weighted by Crippen LogP contribution is -2.00. The summed E-state index contributed by atoms with van der Waals surface area (Å²) >= 11 is 0. The molecule has 9 aromatic rings. The molecule has 7 aromatic carbocycles. The molecule has 0 spiro atoms. The number of rotatable bonds is 6. The van der Waals surface area contributed by atoms with Crippen LogP contribution in [0.5, 0.6) is 0 Å². The number of nitrogens with zero attached hydrogens (tertiary/aromatic N) is 5. The highest BCUT2D eigenvalue weighted by atomic mass is 15.3. The van der Waals surface area contributed by atoms with Crippen LogP contribution in [0.3, 0.4) is 0 Å². The van der Waals surface area contributed by atoms with Crippen LogP contribution in [0.2, 0.25) is 0 Å². The van der Waals surface area contributed by atoms with E-state index in [-0.39, 0.29) is 0 Å². The summed E-state index contributed by atoms with van der Waals surface area (Å²) in [5.74, 6) is 1.90. The van der Waals surface area contributed by atoms with Crippen molar-refractivity contribution in [2.24, 2.45) is 0 Å². The van der Waals surface area contributed by atoms with Gasteiger partial charge in [-0.15, -0.1) is 0 Å². The Morgan fingerprint density at radius 3 is 1.51 bits per heavy atom. The molecule has 49 heavy (non-hydrogen) atoms. The lowest BCUT2D eigenvalue weighted by molar-refractivity contribution is 0.918. The summed E-state index contributed by atoms with van der Waals surface area (Å²) in [6.45, 7) is 0. The predicted octanol–water partition coefficient (Wildman–Crippen LogP) is 10.7. The van der Waals surface area contributed by atoms with E-state index in [2.05, 4.69) is 108 Å². The van der Waals surface area contributed by atoms with E-state index in [1.54, 1.807) is 0 Å². The second-order valence-corrected chi connectivity index (χ2v) is 11.9. The Balaban J connectivity index is 1.30. The van der Waals surface area contributed by atoms with Crippen LogP contribution >= 0.6 is 0 Å². The van der Waals surface area contributed by atoms with Crippen molar-refractivity contribution >= 4 is 21.7 Å². The summed E-state index contributed by atoms with van der Waals surface area (Å²) in [7, 11) is 0. The van der Waals surface area contributed by atoms with Crippen LogP contribution in [-0.4, -0.2) is 24.7 Å². The number of para-hydroxylation sites is 1. The lowest BCUT2D eigenvalue weighted by atomic mass is 9.93. The molecule has 2 aromatic heterocycles. The third kappa shape index (κ3) is 5.24. The molecule has 2 heterocycles. The first kappa shape index (κ1) is 28.5. The van der Waals surface area contributed by atoms with Crippen LogP contribution in [0, 0.1) is 0 Å². The molecule has 0 aliphatic carbocycles. The quantitative estimate of drug-likeness (QED) is 0.184. The first-order valence-corrected chi connectivity index (χ1v) is 16.3. The van der Waals surface area contributed by atoms with Crippen LogP contribution in [-0.2, 0) is 0 Å². The summed E-state index contributed by atoms with van der Waals surface area (Å²) in [5, 5.41) is 8.70. The second kappa shape index (κ2) is 12.1. The number of hydrogen-bond donors (Lipinski definition) is 0. The third-order valence-corrected chi connectivity index (χ3v) is 8.85. The van der Waals surface area contributed by atoms with Crippen molar-refractivity contribution in [3.8, 4) is 62.2 Å². The highest BCUT2D eigenvalue weighted by Gasteiger charge is 2.21. The van der Waals surface area contributed by atoms with Crippen LogP contribution in [0.4, 0.5) is 0 Å². The molecule has 0 bridgehead atoms. The van der Waals surface area contributed by atoms with E-state index in [0.717, 1.165) is 66.4 Å². The Morgan fingerprint density at radius 2 is 0.878 bits per heavy atom. The average molecular weight is 628 g/mol. The molecule has 0 saturated heterocycles. The molecule has 0 unspecified atom stereocenters. The smallest absolute Gasteiger partial charge is 0.164 e. The third-order valence-electron chi connectivity index (χ3n) is 8.85. The number of aromatic nitrogens is 5. The fraction of sp³-hybridized carbons (Fsp3) is 0. The normalized spacial score (nSPS) is 11.3. The van der Waals surface area contributed by atoms with E-state index in [1.165, 1.54) is 0 Å². The molecule has 0 fully saturated rings. The van der Waals surface area contributed by atoms with E-state index in [9.17, 15) is 0 Å². The van der Waals surface area contributed by atoms with Gasteiger partial charge in [0.15, 0.2) is 17.5 Å². The Labute approximate surface area is 283 Å². The van der Waals surface area contributed by atoms with Crippen molar-refractivity contribution in [1.29, 1.82) is 0 Å². The first-order chi connectivity index (χ1) is 24.3. The van der Waals surface area contributed by atoms with Crippen molar-refractivity contribution in [3.63, 3.8) is 0 Å². The van der Waals surface area contributed by atoms with Crippen molar-refractivity contribution in [2.75, 3.05) is 0 Å². The molecule has 0 saturated carbocycles. The van der Waals surface area contributed by atoms with Gasteiger partial charge in [0.05, 0.1) is 11.2 Å². The Hall–Kier alpha value is -6.72. The van der Waals surface area contributed by atoms with Crippen molar-refractivity contribution < 1.29 is 0 Å². The maximum Gasteiger partial charge on any atom is 0.164 e. The highest BCUT2D eigenvalue weighted by Crippen LogP contribution is 2.42. The monoisotopic (exact) mass is 627 g/mol. The van der Waals surface area contributed by atoms with Gasteiger partial charge in [0.25, 0.3) is 0 Å². The molecular formula is C44H29N5. The van der Waals surface area contributed by atoms with Gasteiger partial charge in [0.2, 0.25) is 0 Å². The lowest BCUT2D eigenvalue weighted by Gasteiger charge is -2.12. The SMILES string of the molecule is c1ccc(-c2nc(-c3ccccc3)nc(-c3cccc(-c4cc5ccccc5c5c4c(-c4ccccc4)nn5-c4ccccc4)c3)n2)cc1. The fourth-order valence-electron chi connectivity index (χ4n) is 6.53. The van der Waals surface area contributed by atoms with Gasteiger partial charge in [-0.2, -0.15) is 5.10 Å². The van der Waals surface area contributed by atoms with Crippen molar-refractivity contribution in [2.45, 2.75) is 0 Å². The van der Waals surface area contributed by atoms with Gasteiger partial charge in [-0.25, -0.2) is 19.6 Å². The summed E-state index contributed by atoms with van der Waals surface area (Å²) in [4.78, 5) is 14.9. The van der Waals surface area contributed by atoms with Gasteiger partial charge in [-0.1, -0.05) is 152 Å². The molecule has 9 rings (SSSR count). The van der Waals surface area contributed by atoms with Crippen molar-refractivity contribution in [3.05, 3.63) is 176 Å². The maximum atomic E-state index is 5.32. The van der Waals surface area contributed by atoms with E-state index in [0.29, 0.717) is 17.5 Å². The molecule has 0 aliphatic heterocycles. The zero-order valence-electron chi connectivity index (χ0n) is 26.5. The van der Waals surface area contributed by atoms with Gasteiger partial charge in [0.1, 0.15) is 5.69 Å². The minimum Gasteiger partial charge on any atom is -0.232 e. The minimum absolute atomic E-state index is 0.620. The van der Waals surface area contributed by atoms with E-state index in [1.807, 2.05) is 72.8 Å². The Bertz CT molecular complexity index is 2520. The standard InChI is InChI=1S/C44H29N5/c1-5-16-30(17-6-1)40-39-38(29-34-22-13-14-27-37(34)41(39)49(48-40)36-25-11-4-12-26-36)33-23-15-24-35(28-33)44-46-42(31-18-7-2-8-19-31)45-43(47-44)32-20-9-3-10-21-32/h1-29H. The first-order valence-electron chi connectivity index (χ1n) is 16.3. The summed E-state index contributed by atoms with van der Waals surface area (Å²) < 4.78 is 2.09. The van der Waals surface area contributed by atoms with Gasteiger partial charge < -0.3 is 0 Å². The molecule has 0 atom stereocenters. The maximum absolute atomic E-state index is 5.32. The molecule has 0 aliphatic rings. The van der Waals surface area contributed by atoms with Gasteiger partial charge in [-0.05, 0) is 40.8 Å². The number of benzene rings is 7. The van der Waals surface area contributed by atoms with Crippen LogP contribution < -0.4 is 0 Å². The molecule has 0 amide bonds. The van der Waals surface area contributed by atoms with E-state index in [4.69, 9.17) is 20.1 Å². The fourth-order valence-corrected chi connectivity index (χ4v) is 6.53. The average Bonchev–Trinajstić information content (AvgIpc) is 3.60. The topological polar surface area (TPSA) is 56.5 Å². The molecule has 5 nitrogen and oxygen atoms in total. The zero-order valence-corrected chi connectivity index (χ0v) is 26.5. The largest absolute Gasteiger partial charge is 0.232 e. The molecular weight excluding hydrogens is 599 g/mol. The van der Waals surface area contributed by atoms with Crippen LogP contribution in [0.1, 0.15) is 0 Å². The minimum atomic E-state index is 0.620. The zero-order chi connectivity index (χ0) is 32.6. The van der Waals surface area contributed by atoms with Gasteiger partial charge >= 0.3 is 0 Å². The van der Waals surface area contributed by atoms with Gasteiger partial charge in [0, 0.05) is 33.0 Å². The second-order valence-electron chi connectivity index (χ2n) is 11.9. The predicted molar refractivity (Wildman–Crippen MR) is 199 cm³/mol. The summed E-state index contributed by atoms with van der Waals surface area (Å²) in [5.41, 5.74) is 9.02. The number of fused-ring (bicyclic) bond motifs is 3. The van der Waals surface area contributed by atoms with Crippen molar-refractivity contribution in [1.82, 2.24) is 24.7 Å². The molecule has 0 radical (unpaired) electrons. The van der Waals surface area contributed by atoms with Crippen LogP contribution in [0.15, 0.2) is 176 Å². The molecule has 0 N–H and O–H groups in total. The Kier molecular flexibility index (Phi) is 7.06. The van der Waals surface area contributed by atoms with E-state index >= 15 is 0 Å².